The summed E-state index contributed by atoms with van der Waals surface area (Å²) in [7, 11) is 0. The topological polar surface area (TPSA) is 99.8 Å². The average molecular weight is 231 g/mol. The Bertz CT molecular complexity index is 534. The van der Waals surface area contributed by atoms with E-state index in [1.165, 1.54) is 0 Å². The van der Waals surface area contributed by atoms with Gasteiger partial charge < -0.3 is 11.5 Å². The van der Waals surface area contributed by atoms with Crippen LogP contribution < -0.4 is 11.5 Å². The van der Waals surface area contributed by atoms with Gasteiger partial charge in [0.1, 0.15) is 6.33 Å². The fourth-order valence-electron chi connectivity index (χ4n) is 1.51. The van der Waals surface area contributed by atoms with Crippen LogP contribution in [0.1, 0.15) is 21.7 Å². The van der Waals surface area contributed by atoms with Gasteiger partial charge in [-0.15, -0.1) is 0 Å². The molecule has 1 aromatic heterocycles. The maximum absolute atomic E-state index is 11.0. The van der Waals surface area contributed by atoms with E-state index in [1.54, 1.807) is 29.2 Å². The number of aromatic nitrogens is 3. The lowest BCUT2D eigenvalue weighted by atomic mass is 10.1. The smallest absolute Gasteiger partial charge is 0.248 e. The molecule has 0 bridgehead atoms. The minimum Gasteiger partial charge on any atom is -0.366 e. The third-order valence-corrected chi connectivity index (χ3v) is 2.32. The van der Waals surface area contributed by atoms with Crippen LogP contribution in [0.2, 0.25) is 0 Å². The number of benzene rings is 1. The van der Waals surface area contributed by atoms with E-state index in [2.05, 4.69) is 10.1 Å². The molecule has 0 spiro atoms. The summed E-state index contributed by atoms with van der Waals surface area (Å²) < 4.78 is 1.67. The van der Waals surface area contributed by atoms with Crippen LogP contribution in [0.15, 0.2) is 30.6 Å². The van der Waals surface area contributed by atoms with Gasteiger partial charge in [0.05, 0.1) is 13.1 Å². The van der Waals surface area contributed by atoms with Gasteiger partial charge in [-0.1, -0.05) is 12.1 Å². The van der Waals surface area contributed by atoms with Crippen molar-refractivity contribution in [3.63, 3.8) is 0 Å². The molecule has 6 heteroatoms. The van der Waals surface area contributed by atoms with Crippen molar-refractivity contribution in [2.24, 2.45) is 11.5 Å². The quantitative estimate of drug-likeness (QED) is 0.766. The van der Waals surface area contributed by atoms with Crippen molar-refractivity contribution in [3.8, 4) is 0 Å². The predicted octanol–water partition coefficient (Wildman–Crippen LogP) is -0.116. The van der Waals surface area contributed by atoms with Gasteiger partial charge in [0.2, 0.25) is 5.91 Å². The minimum atomic E-state index is -0.437. The number of nitrogens with two attached hydrogens (primary N) is 2. The molecule has 1 aromatic carbocycles. The molecule has 4 N–H and O–H groups in total. The molecule has 6 nitrogen and oxygen atoms in total. The molecule has 0 saturated carbocycles. The molecule has 0 aliphatic carbocycles. The highest BCUT2D eigenvalue weighted by Crippen LogP contribution is 2.06. The first-order valence-electron chi connectivity index (χ1n) is 5.16. The Hall–Kier alpha value is -2.21. The van der Waals surface area contributed by atoms with Gasteiger partial charge >= 0.3 is 0 Å². The molecule has 0 aliphatic rings. The Morgan fingerprint density at radius 1 is 1.41 bits per heavy atom. The van der Waals surface area contributed by atoms with Gasteiger partial charge in [0, 0.05) is 5.56 Å². The van der Waals surface area contributed by atoms with Gasteiger partial charge in [-0.05, 0) is 17.7 Å². The number of carbonyl (C=O) groups is 1. The number of carbonyl (C=O) groups excluding carboxylic acids is 1. The van der Waals surface area contributed by atoms with E-state index in [4.69, 9.17) is 11.5 Å². The molecule has 0 radical (unpaired) electrons. The SMILES string of the molecule is NCc1ncn(Cc2cccc(C(N)=O)c2)n1. The normalized spacial score (nSPS) is 10.4. The monoisotopic (exact) mass is 231 g/mol. The van der Waals surface area contributed by atoms with Crippen LogP contribution in [-0.4, -0.2) is 20.7 Å². The predicted molar refractivity (Wildman–Crippen MR) is 62.0 cm³/mol. The number of nitrogens with zero attached hydrogens (tertiary/aromatic N) is 3. The van der Waals surface area contributed by atoms with Gasteiger partial charge in [-0.25, -0.2) is 9.67 Å². The summed E-state index contributed by atoms with van der Waals surface area (Å²) in [4.78, 5) is 15.1. The summed E-state index contributed by atoms with van der Waals surface area (Å²) in [5.41, 5.74) is 12.1. The molecule has 0 unspecified atom stereocenters. The lowest BCUT2D eigenvalue weighted by Crippen LogP contribution is -2.11. The van der Waals surface area contributed by atoms with Crippen LogP contribution in [-0.2, 0) is 13.1 Å². The zero-order chi connectivity index (χ0) is 12.3. The van der Waals surface area contributed by atoms with E-state index in [-0.39, 0.29) is 0 Å². The van der Waals surface area contributed by atoms with Gasteiger partial charge in [-0.2, -0.15) is 5.10 Å². The third kappa shape index (κ3) is 2.67. The largest absolute Gasteiger partial charge is 0.366 e. The Kier molecular flexibility index (Phi) is 3.15. The molecule has 2 aromatic rings. The van der Waals surface area contributed by atoms with E-state index < -0.39 is 5.91 Å². The van der Waals surface area contributed by atoms with Crippen molar-refractivity contribution in [3.05, 3.63) is 47.5 Å². The first-order valence-corrected chi connectivity index (χ1v) is 5.16. The number of primary amides is 1. The number of hydrogen-bond donors (Lipinski definition) is 2. The minimum absolute atomic E-state index is 0.314. The summed E-state index contributed by atoms with van der Waals surface area (Å²) in [6, 6.07) is 7.11. The summed E-state index contributed by atoms with van der Waals surface area (Å²) in [6.07, 6.45) is 1.61. The lowest BCUT2D eigenvalue weighted by molar-refractivity contribution is 0.1000. The number of hydrogen-bond acceptors (Lipinski definition) is 4. The summed E-state index contributed by atoms with van der Waals surface area (Å²) in [6.45, 7) is 0.850. The Labute approximate surface area is 98.3 Å². The van der Waals surface area contributed by atoms with E-state index in [0.717, 1.165) is 5.56 Å². The zero-order valence-corrected chi connectivity index (χ0v) is 9.21. The van der Waals surface area contributed by atoms with E-state index in [9.17, 15) is 4.79 Å². The highest BCUT2D eigenvalue weighted by atomic mass is 16.1. The fraction of sp³-hybridized carbons (Fsp3) is 0.182. The highest BCUT2D eigenvalue weighted by Gasteiger charge is 2.03. The molecule has 1 heterocycles. The zero-order valence-electron chi connectivity index (χ0n) is 9.21. The first kappa shape index (κ1) is 11.3. The van der Waals surface area contributed by atoms with Gasteiger partial charge in [0.25, 0.3) is 0 Å². The molecular formula is C11H13N5O. The van der Waals surface area contributed by atoms with Crippen molar-refractivity contribution in [2.45, 2.75) is 13.1 Å². The van der Waals surface area contributed by atoms with Crippen LogP contribution in [0, 0.1) is 0 Å². The summed E-state index contributed by atoms with van der Waals surface area (Å²) in [5, 5.41) is 4.16. The number of amides is 1. The average Bonchev–Trinajstić information content (AvgIpc) is 2.77. The van der Waals surface area contributed by atoms with E-state index in [0.29, 0.717) is 24.5 Å². The molecule has 0 aliphatic heterocycles. The molecule has 2 rings (SSSR count). The van der Waals surface area contributed by atoms with Crippen LogP contribution in [0.3, 0.4) is 0 Å². The molecule has 0 atom stereocenters. The van der Waals surface area contributed by atoms with E-state index in [1.807, 2.05) is 6.07 Å². The van der Waals surface area contributed by atoms with Crippen LogP contribution >= 0.6 is 0 Å². The maximum Gasteiger partial charge on any atom is 0.248 e. The first-order chi connectivity index (χ1) is 8.19. The molecule has 88 valence electrons. The molecule has 1 amide bonds. The maximum atomic E-state index is 11.0. The highest BCUT2D eigenvalue weighted by molar-refractivity contribution is 5.92. The Morgan fingerprint density at radius 3 is 2.88 bits per heavy atom. The van der Waals surface area contributed by atoms with Crippen LogP contribution in [0.4, 0.5) is 0 Å². The second-order valence-electron chi connectivity index (χ2n) is 3.63. The molecular weight excluding hydrogens is 218 g/mol. The Morgan fingerprint density at radius 2 is 2.24 bits per heavy atom. The summed E-state index contributed by atoms with van der Waals surface area (Å²) in [5.74, 6) is 0.157. The van der Waals surface area contributed by atoms with Crippen molar-refractivity contribution in [1.82, 2.24) is 14.8 Å². The molecule has 0 fully saturated rings. The number of rotatable bonds is 4. The fourth-order valence-corrected chi connectivity index (χ4v) is 1.51. The van der Waals surface area contributed by atoms with Crippen molar-refractivity contribution in [1.29, 1.82) is 0 Å². The third-order valence-electron chi connectivity index (χ3n) is 2.32. The van der Waals surface area contributed by atoms with Crippen molar-refractivity contribution < 1.29 is 4.79 Å². The van der Waals surface area contributed by atoms with Crippen LogP contribution in [0.5, 0.6) is 0 Å². The van der Waals surface area contributed by atoms with Gasteiger partial charge in [-0.3, -0.25) is 4.79 Å². The van der Waals surface area contributed by atoms with Crippen LogP contribution in [0.25, 0.3) is 0 Å². The Balaban J connectivity index is 2.18. The van der Waals surface area contributed by atoms with Crippen molar-refractivity contribution >= 4 is 5.91 Å². The second kappa shape index (κ2) is 4.75. The molecule has 17 heavy (non-hydrogen) atoms. The van der Waals surface area contributed by atoms with E-state index >= 15 is 0 Å². The van der Waals surface area contributed by atoms with Crippen molar-refractivity contribution in [2.75, 3.05) is 0 Å². The summed E-state index contributed by atoms with van der Waals surface area (Å²) >= 11 is 0. The van der Waals surface area contributed by atoms with Gasteiger partial charge in [0.15, 0.2) is 5.82 Å². The lowest BCUT2D eigenvalue weighted by Gasteiger charge is -2.02. The second-order valence-corrected chi connectivity index (χ2v) is 3.63. The molecule has 0 saturated heterocycles. The standard InChI is InChI=1S/C11H13N5O/c12-5-10-14-7-16(15-10)6-8-2-1-3-9(4-8)11(13)17/h1-4,7H,5-6,12H2,(H2,13,17).